The molecule has 0 saturated carbocycles. The molecule has 9 heteroatoms. The summed E-state index contributed by atoms with van der Waals surface area (Å²) in [6.07, 6.45) is 1.96. The predicted octanol–water partition coefficient (Wildman–Crippen LogP) is 7.02. The average Bonchev–Trinajstić information content (AvgIpc) is 3.04. The number of sulfonamides is 1. The molecule has 0 fully saturated rings. The standard InChI is InChI=1S/C37H42ClN3O4S/c1-5-6-22-39-37(43)35(23-30-10-8-7-9-11-30)40(25-31-17-12-27(2)13-18-31)36(42)26-41(32-19-16-29(4)34(38)24-32)46(44,45)33-20-14-28(3)15-21-33/h7-21,24,35H,5-6,22-23,25-26H2,1-4H3,(H,39,43). The number of hydrogen-bond donors (Lipinski definition) is 1. The molecule has 0 heterocycles. The summed E-state index contributed by atoms with van der Waals surface area (Å²) < 4.78 is 29.5. The third kappa shape index (κ3) is 8.98. The van der Waals surface area contributed by atoms with Gasteiger partial charge in [-0.1, -0.05) is 109 Å². The predicted molar refractivity (Wildman–Crippen MR) is 185 cm³/mol. The number of nitrogens with zero attached hydrogens (tertiary/aromatic N) is 2. The molecule has 2 amide bonds. The molecule has 4 aromatic carbocycles. The molecule has 0 spiro atoms. The highest BCUT2D eigenvalue weighted by molar-refractivity contribution is 7.92. The molecular formula is C37H42ClN3O4S. The molecule has 0 saturated heterocycles. The second-order valence-electron chi connectivity index (χ2n) is 11.6. The van der Waals surface area contributed by atoms with Crippen LogP contribution in [0.3, 0.4) is 0 Å². The van der Waals surface area contributed by atoms with Crippen LogP contribution in [-0.2, 0) is 32.6 Å². The monoisotopic (exact) mass is 659 g/mol. The minimum Gasteiger partial charge on any atom is -0.354 e. The molecular weight excluding hydrogens is 618 g/mol. The highest BCUT2D eigenvalue weighted by atomic mass is 35.5. The van der Waals surface area contributed by atoms with Crippen LogP contribution in [0.15, 0.2) is 102 Å². The van der Waals surface area contributed by atoms with Gasteiger partial charge in [0.2, 0.25) is 11.8 Å². The van der Waals surface area contributed by atoms with Crippen LogP contribution in [0.2, 0.25) is 5.02 Å². The van der Waals surface area contributed by atoms with Gasteiger partial charge in [-0.25, -0.2) is 8.42 Å². The lowest BCUT2D eigenvalue weighted by Gasteiger charge is -2.34. The van der Waals surface area contributed by atoms with Crippen molar-refractivity contribution in [2.45, 2.75) is 64.4 Å². The molecule has 0 aliphatic rings. The van der Waals surface area contributed by atoms with Crippen LogP contribution >= 0.6 is 11.6 Å². The van der Waals surface area contributed by atoms with Crippen molar-refractivity contribution in [3.63, 3.8) is 0 Å². The van der Waals surface area contributed by atoms with E-state index in [1.165, 1.54) is 17.0 Å². The van der Waals surface area contributed by atoms with Crippen LogP contribution in [-0.4, -0.2) is 44.3 Å². The minimum atomic E-state index is -4.20. The lowest BCUT2D eigenvalue weighted by atomic mass is 10.0. The maximum atomic E-state index is 14.6. The average molecular weight is 660 g/mol. The van der Waals surface area contributed by atoms with Crippen molar-refractivity contribution in [1.29, 1.82) is 0 Å². The molecule has 1 N–H and O–H groups in total. The Morgan fingerprint density at radius 2 is 1.46 bits per heavy atom. The first kappa shape index (κ1) is 34.7. The van der Waals surface area contributed by atoms with Gasteiger partial charge in [0.15, 0.2) is 0 Å². The van der Waals surface area contributed by atoms with Crippen molar-refractivity contribution < 1.29 is 18.0 Å². The highest BCUT2D eigenvalue weighted by Gasteiger charge is 2.34. The first-order valence-electron chi connectivity index (χ1n) is 15.5. The van der Waals surface area contributed by atoms with Crippen LogP contribution in [0.25, 0.3) is 0 Å². The number of amides is 2. The van der Waals surface area contributed by atoms with Crippen molar-refractivity contribution in [1.82, 2.24) is 10.2 Å². The van der Waals surface area contributed by atoms with Crippen LogP contribution in [0.4, 0.5) is 5.69 Å². The lowest BCUT2D eigenvalue weighted by Crippen LogP contribution is -2.53. The molecule has 7 nitrogen and oxygen atoms in total. The third-order valence-electron chi connectivity index (χ3n) is 7.91. The summed E-state index contributed by atoms with van der Waals surface area (Å²) in [5.74, 6) is -0.802. The van der Waals surface area contributed by atoms with Crippen LogP contribution in [0.5, 0.6) is 0 Å². The molecule has 0 aromatic heterocycles. The lowest BCUT2D eigenvalue weighted by molar-refractivity contribution is -0.140. The third-order valence-corrected chi connectivity index (χ3v) is 10.1. The summed E-state index contributed by atoms with van der Waals surface area (Å²) in [5, 5.41) is 3.39. The Bertz CT molecular complexity index is 1730. The number of benzene rings is 4. The number of nitrogens with one attached hydrogen (secondary N) is 1. The number of halogens is 1. The van der Waals surface area contributed by atoms with E-state index in [2.05, 4.69) is 5.32 Å². The quantitative estimate of drug-likeness (QED) is 0.148. The molecule has 1 unspecified atom stereocenters. The number of hydrogen-bond acceptors (Lipinski definition) is 4. The Labute approximate surface area is 278 Å². The molecule has 4 aromatic rings. The van der Waals surface area contributed by atoms with E-state index < -0.39 is 28.5 Å². The van der Waals surface area contributed by atoms with Crippen molar-refractivity contribution in [2.75, 3.05) is 17.4 Å². The number of carbonyl (C=O) groups excluding carboxylic acids is 2. The summed E-state index contributed by atoms with van der Waals surface area (Å²) in [4.78, 5) is 30.0. The summed E-state index contributed by atoms with van der Waals surface area (Å²) in [6, 6.07) is 27.8. The molecule has 0 aliphatic carbocycles. The van der Waals surface area contributed by atoms with E-state index in [0.29, 0.717) is 11.6 Å². The molecule has 4 rings (SSSR count). The van der Waals surface area contributed by atoms with Gasteiger partial charge < -0.3 is 10.2 Å². The van der Waals surface area contributed by atoms with Crippen LogP contribution in [0, 0.1) is 20.8 Å². The minimum absolute atomic E-state index is 0.0471. The van der Waals surface area contributed by atoms with Gasteiger partial charge >= 0.3 is 0 Å². The molecule has 242 valence electrons. The van der Waals surface area contributed by atoms with E-state index in [9.17, 15) is 18.0 Å². The molecule has 0 radical (unpaired) electrons. The zero-order valence-electron chi connectivity index (χ0n) is 26.9. The highest BCUT2D eigenvalue weighted by Crippen LogP contribution is 2.29. The Balaban J connectivity index is 1.80. The second-order valence-corrected chi connectivity index (χ2v) is 13.9. The molecule has 0 aliphatic heterocycles. The number of rotatable bonds is 14. The fourth-order valence-corrected chi connectivity index (χ4v) is 6.63. The van der Waals surface area contributed by atoms with Crippen molar-refractivity contribution in [2.24, 2.45) is 0 Å². The normalized spacial score (nSPS) is 11.9. The van der Waals surface area contributed by atoms with Crippen LogP contribution < -0.4 is 9.62 Å². The van der Waals surface area contributed by atoms with Gasteiger partial charge in [-0.15, -0.1) is 0 Å². The number of anilines is 1. The Morgan fingerprint density at radius 3 is 2.07 bits per heavy atom. The molecule has 1 atom stereocenters. The summed E-state index contributed by atoms with van der Waals surface area (Å²) in [7, 11) is -4.20. The smallest absolute Gasteiger partial charge is 0.264 e. The zero-order valence-corrected chi connectivity index (χ0v) is 28.4. The maximum Gasteiger partial charge on any atom is 0.264 e. The fraction of sp³-hybridized carbons (Fsp3) is 0.297. The summed E-state index contributed by atoms with van der Waals surface area (Å²) in [6.45, 7) is 7.78. The topological polar surface area (TPSA) is 86.8 Å². The Morgan fingerprint density at radius 1 is 0.826 bits per heavy atom. The van der Waals surface area contributed by atoms with Gasteiger partial charge in [0.1, 0.15) is 12.6 Å². The maximum absolute atomic E-state index is 14.6. The van der Waals surface area contributed by atoms with Gasteiger partial charge in [0, 0.05) is 24.5 Å². The van der Waals surface area contributed by atoms with E-state index in [1.54, 1.807) is 30.3 Å². The molecule has 46 heavy (non-hydrogen) atoms. The largest absolute Gasteiger partial charge is 0.354 e. The first-order valence-corrected chi connectivity index (χ1v) is 17.3. The zero-order chi connectivity index (χ0) is 33.3. The first-order chi connectivity index (χ1) is 22.0. The van der Waals surface area contributed by atoms with E-state index >= 15 is 0 Å². The van der Waals surface area contributed by atoms with E-state index in [1.807, 2.05) is 82.3 Å². The van der Waals surface area contributed by atoms with E-state index in [4.69, 9.17) is 11.6 Å². The Hall–Kier alpha value is -4.14. The van der Waals surface area contributed by atoms with Gasteiger partial charge in [0.05, 0.1) is 10.6 Å². The number of carbonyl (C=O) groups is 2. The van der Waals surface area contributed by atoms with Crippen molar-refractivity contribution in [3.8, 4) is 0 Å². The number of unbranched alkanes of at least 4 members (excludes halogenated alkanes) is 1. The van der Waals surface area contributed by atoms with E-state index in [0.717, 1.165) is 45.0 Å². The summed E-state index contributed by atoms with van der Waals surface area (Å²) >= 11 is 6.47. The fourth-order valence-electron chi connectivity index (χ4n) is 5.05. The second kappa shape index (κ2) is 15.9. The van der Waals surface area contributed by atoms with Crippen LogP contribution in [0.1, 0.15) is 47.6 Å². The van der Waals surface area contributed by atoms with E-state index in [-0.39, 0.29) is 29.5 Å². The summed E-state index contributed by atoms with van der Waals surface area (Å²) in [5.41, 5.74) is 4.70. The van der Waals surface area contributed by atoms with Gasteiger partial charge in [-0.3, -0.25) is 13.9 Å². The van der Waals surface area contributed by atoms with Gasteiger partial charge in [0.25, 0.3) is 10.0 Å². The van der Waals surface area contributed by atoms with Gasteiger partial charge in [-0.2, -0.15) is 0 Å². The van der Waals surface area contributed by atoms with Crippen molar-refractivity contribution in [3.05, 3.63) is 130 Å². The van der Waals surface area contributed by atoms with Crippen molar-refractivity contribution >= 4 is 39.1 Å². The SMILES string of the molecule is CCCCNC(=O)C(Cc1ccccc1)N(Cc1ccc(C)cc1)C(=O)CN(c1ccc(C)c(Cl)c1)S(=O)(=O)c1ccc(C)cc1. The Kier molecular flexibility index (Phi) is 12.0. The van der Waals surface area contributed by atoms with Gasteiger partial charge in [-0.05, 0) is 68.1 Å². The molecule has 0 bridgehead atoms. The number of aryl methyl sites for hydroxylation is 3.